The van der Waals surface area contributed by atoms with Crippen molar-refractivity contribution in [1.29, 1.82) is 0 Å². The van der Waals surface area contributed by atoms with Gasteiger partial charge < -0.3 is 35.1 Å². The van der Waals surface area contributed by atoms with Gasteiger partial charge >= 0.3 is 5.97 Å². The second-order valence-electron chi connectivity index (χ2n) is 3.04. The number of aldehydes is 1. The van der Waals surface area contributed by atoms with Crippen molar-refractivity contribution >= 4 is 12.3 Å². The predicted molar refractivity (Wildman–Crippen MR) is 48.5 cm³/mol. The Balaban J connectivity index is 4.33. The van der Waals surface area contributed by atoms with Gasteiger partial charge in [-0.25, -0.2) is 4.79 Å². The summed E-state index contributed by atoms with van der Waals surface area (Å²) in [5.41, 5.74) is 0. The quantitative estimate of drug-likeness (QED) is 0.277. The summed E-state index contributed by atoms with van der Waals surface area (Å²) in [4.78, 5) is 20.6. The molecule has 0 radical (unpaired) electrons. The van der Waals surface area contributed by atoms with Crippen LogP contribution in [0.25, 0.3) is 0 Å². The van der Waals surface area contributed by atoms with Crippen LogP contribution in [0.1, 0.15) is 0 Å². The smallest absolute Gasteiger partial charge is 0.329 e. The molecule has 0 aromatic rings. The van der Waals surface area contributed by atoms with Crippen LogP contribution in [0.2, 0.25) is 0 Å². The molecule has 0 spiro atoms. The van der Waals surface area contributed by atoms with Crippen LogP contribution >= 0.6 is 0 Å². The third kappa shape index (κ3) is 4.64. The number of aliphatic hydroxyl groups is 4. The van der Waals surface area contributed by atoms with Crippen molar-refractivity contribution < 1.29 is 39.9 Å². The maximum atomic E-state index is 10.4. The molecule has 94 valence electrons. The molecule has 0 heterocycles. The fourth-order valence-corrected chi connectivity index (χ4v) is 0.916. The summed E-state index contributed by atoms with van der Waals surface area (Å²) in [6.45, 7) is -1.65. The first-order valence-electron chi connectivity index (χ1n) is 4.37. The van der Waals surface area contributed by atoms with Gasteiger partial charge in [-0.1, -0.05) is 0 Å². The first-order valence-corrected chi connectivity index (χ1v) is 4.37. The number of aliphatic carboxylic acids is 1. The van der Waals surface area contributed by atoms with Gasteiger partial charge in [0.15, 0.2) is 6.29 Å². The van der Waals surface area contributed by atoms with E-state index in [1.54, 1.807) is 0 Å². The van der Waals surface area contributed by atoms with Gasteiger partial charge in [-0.15, -0.1) is 0 Å². The zero-order chi connectivity index (χ0) is 12.7. The molecule has 0 unspecified atom stereocenters. The molecule has 0 amide bonds. The Bertz CT molecular complexity index is 230. The summed E-state index contributed by atoms with van der Waals surface area (Å²) in [6, 6.07) is 0. The second kappa shape index (κ2) is 7.25. The highest BCUT2D eigenvalue weighted by Gasteiger charge is 2.31. The van der Waals surface area contributed by atoms with Gasteiger partial charge in [0.25, 0.3) is 0 Å². The maximum absolute atomic E-state index is 10.4. The Morgan fingerprint density at radius 2 is 1.81 bits per heavy atom. The fraction of sp³-hybridized carbons (Fsp3) is 0.750. The Kier molecular flexibility index (Phi) is 6.77. The molecule has 16 heavy (non-hydrogen) atoms. The van der Waals surface area contributed by atoms with E-state index in [2.05, 4.69) is 4.74 Å². The Morgan fingerprint density at radius 3 is 2.19 bits per heavy atom. The Morgan fingerprint density at radius 1 is 1.25 bits per heavy atom. The first kappa shape index (κ1) is 14.9. The lowest BCUT2D eigenvalue weighted by Gasteiger charge is -2.25. The number of hydrogen-bond acceptors (Lipinski definition) is 7. The summed E-state index contributed by atoms with van der Waals surface area (Å²) < 4.78 is 4.46. The standard InChI is InChI=1S/C8H14O8/c9-1-4(11)7(14)8(15)5(2-10)16-3-6(12)13/h2,4-5,7-9,11,14-15H,1,3H2,(H,12,13)/t4-,5+,7-,8-/m1/s1. The topological polar surface area (TPSA) is 145 Å². The van der Waals surface area contributed by atoms with Gasteiger partial charge in [0.2, 0.25) is 0 Å². The molecule has 8 heteroatoms. The zero-order valence-electron chi connectivity index (χ0n) is 8.26. The van der Waals surface area contributed by atoms with E-state index in [1.165, 1.54) is 0 Å². The van der Waals surface area contributed by atoms with Crippen molar-refractivity contribution in [2.75, 3.05) is 13.2 Å². The summed E-state index contributed by atoms with van der Waals surface area (Å²) >= 11 is 0. The SMILES string of the molecule is O=C[C@H](OCC(=O)O)[C@@H](O)[C@H](O)[C@H](O)CO. The predicted octanol–water partition coefficient (Wildman–Crippen LogP) is -3.27. The minimum Gasteiger partial charge on any atom is -0.480 e. The zero-order valence-corrected chi connectivity index (χ0v) is 8.26. The summed E-state index contributed by atoms with van der Waals surface area (Å²) in [5, 5.41) is 44.2. The molecule has 8 nitrogen and oxygen atoms in total. The van der Waals surface area contributed by atoms with Crippen molar-refractivity contribution in [2.24, 2.45) is 0 Å². The summed E-state index contributed by atoms with van der Waals surface area (Å²) in [5.74, 6) is -1.35. The van der Waals surface area contributed by atoms with E-state index in [9.17, 15) is 19.8 Å². The van der Waals surface area contributed by atoms with E-state index in [-0.39, 0.29) is 6.29 Å². The molecule has 0 aromatic heterocycles. The number of carboxylic acids is 1. The molecule has 0 saturated carbocycles. The minimum atomic E-state index is -1.82. The molecule has 0 aliphatic carbocycles. The van der Waals surface area contributed by atoms with E-state index in [4.69, 9.17) is 15.3 Å². The molecule has 4 atom stereocenters. The molecular formula is C8H14O8. The van der Waals surface area contributed by atoms with Gasteiger partial charge in [-0.2, -0.15) is 0 Å². The maximum Gasteiger partial charge on any atom is 0.329 e. The van der Waals surface area contributed by atoms with Gasteiger partial charge in [0.05, 0.1) is 6.61 Å². The largest absolute Gasteiger partial charge is 0.480 e. The lowest BCUT2D eigenvalue weighted by atomic mass is 10.0. The van der Waals surface area contributed by atoms with Gasteiger partial charge in [-0.3, -0.25) is 0 Å². The van der Waals surface area contributed by atoms with Crippen LogP contribution in [-0.2, 0) is 14.3 Å². The Hall–Kier alpha value is -1.06. The highest BCUT2D eigenvalue weighted by atomic mass is 16.5. The number of carboxylic acid groups (broad SMARTS) is 1. The van der Waals surface area contributed by atoms with Crippen LogP contribution in [0.15, 0.2) is 0 Å². The molecule has 0 aromatic carbocycles. The molecule has 0 bridgehead atoms. The summed E-state index contributed by atoms with van der Waals surface area (Å²) in [7, 11) is 0. The minimum absolute atomic E-state index is 0.0981. The average Bonchev–Trinajstić information content (AvgIpc) is 2.27. The van der Waals surface area contributed by atoms with Crippen LogP contribution in [0.3, 0.4) is 0 Å². The van der Waals surface area contributed by atoms with Crippen LogP contribution < -0.4 is 0 Å². The molecule has 5 N–H and O–H groups in total. The molecule has 0 fully saturated rings. The summed E-state index contributed by atoms with van der Waals surface area (Å²) in [6.07, 6.45) is -6.77. The molecular weight excluding hydrogens is 224 g/mol. The number of rotatable bonds is 8. The van der Waals surface area contributed by atoms with E-state index in [1.807, 2.05) is 0 Å². The normalized spacial score (nSPS) is 18.5. The molecule has 0 rings (SSSR count). The number of ether oxygens (including phenoxy) is 1. The van der Waals surface area contributed by atoms with Crippen molar-refractivity contribution in [3.8, 4) is 0 Å². The molecule has 0 aliphatic rings. The molecule has 0 aliphatic heterocycles. The van der Waals surface area contributed by atoms with Crippen molar-refractivity contribution in [1.82, 2.24) is 0 Å². The van der Waals surface area contributed by atoms with Gasteiger partial charge in [-0.05, 0) is 0 Å². The van der Waals surface area contributed by atoms with Crippen molar-refractivity contribution in [3.63, 3.8) is 0 Å². The van der Waals surface area contributed by atoms with E-state index >= 15 is 0 Å². The van der Waals surface area contributed by atoms with E-state index < -0.39 is 43.6 Å². The number of carbonyl (C=O) groups excluding carboxylic acids is 1. The highest BCUT2D eigenvalue weighted by Crippen LogP contribution is 2.06. The third-order valence-corrected chi connectivity index (χ3v) is 1.80. The highest BCUT2D eigenvalue weighted by molar-refractivity contribution is 5.68. The number of hydrogen-bond donors (Lipinski definition) is 5. The molecule has 0 saturated heterocycles. The second-order valence-corrected chi connectivity index (χ2v) is 3.04. The fourth-order valence-electron chi connectivity index (χ4n) is 0.916. The number of carbonyl (C=O) groups is 2. The third-order valence-electron chi connectivity index (χ3n) is 1.80. The number of aliphatic hydroxyl groups excluding tert-OH is 4. The average molecular weight is 238 g/mol. The van der Waals surface area contributed by atoms with Crippen molar-refractivity contribution in [3.05, 3.63) is 0 Å². The lowest BCUT2D eigenvalue weighted by molar-refractivity contribution is -0.158. The lowest BCUT2D eigenvalue weighted by Crippen LogP contribution is -2.47. The van der Waals surface area contributed by atoms with Gasteiger partial charge in [0.1, 0.15) is 31.0 Å². The monoisotopic (exact) mass is 238 g/mol. The Labute approximate surface area is 90.7 Å². The van der Waals surface area contributed by atoms with Crippen molar-refractivity contribution in [2.45, 2.75) is 24.4 Å². The van der Waals surface area contributed by atoms with Crippen LogP contribution in [0, 0.1) is 0 Å². The van der Waals surface area contributed by atoms with E-state index in [0.29, 0.717) is 0 Å². The van der Waals surface area contributed by atoms with Crippen LogP contribution in [-0.4, -0.2) is 75.4 Å². The van der Waals surface area contributed by atoms with Crippen LogP contribution in [0.5, 0.6) is 0 Å². The van der Waals surface area contributed by atoms with Gasteiger partial charge in [0, 0.05) is 0 Å². The van der Waals surface area contributed by atoms with Crippen LogP contribution in [0.4, 0.5) is 0 Å². The van der Waals surface area contributed by atoms with E-state index in [0.717, 1.165) is 0 Å². The first-order chi connectivity index (χ1) is 7.43.